The van der Waals surface area contributed by atoms with Gasteiger partial charge in [0.1, 0.15) is 17.5 Å². The third kappa shape index (κ3) is 2.99. The van der Waals surface area contributed by atoms with Crippen LogP contribution in [-0.2, 0) is 0 Å². The Kier molecular flexibility index (Phi) is 4.27. The van der Waals surface area contributed by atoms with Crippen LogP contribution in [0.4, 0.5) is 11.6 Å². The molecule has 0 radical (unpaired) electrons. The Hall–Kier alpha value is -1.32. The quantitative estimate of drug-likeness (QED) is 0.905. The molecule has 0 aliphatic carbocycles. The van der Waals surface area contributed by atoms with Gasteiger partial charge in [0.2, 0.25) is 0 Å². The molecule has 2 N–H and O–H groups in total. The van der Waals surface area contributed by atoms with E-state index in [2.05, 4.69) is 30.7 Å². The molecule has 0 spiro atoms. The molecule has 1 aliphatic heterocycles. The number of rotatable bonds is 4. The molecule has 2 rings (SSSR count). The molecule has 1 atom stereocenters. The van der Waals surface area contributed by atoms with Gasteiger partial charge in [0.05, 0.1) is 0 Å². The van der Waals surface area contributed by atoms with Gasteiger partial charge in [-0.25, -0.2) is 9.97 Å². The van der Waals surface area contributed by atoms with Crippen molar-refractivity contribution in [2.24, 2.45) is 5.92 Å². The highest BCUT2D eigenvalue weighted by atomic mass is 15.2. The Labute approximate surface area is 116 Å². The lowest BCUT2D eigenvalue weighted by Gasteiger charge is -2.21. The monoisotopic (exact) mass is 262 g/mol. The predicted octanol–water partition coefficient (Wildman–Crippen LogP) is 3.12. The van der Waals surface area contributed by atoms with E-state index in [1.165, 1.54) is 19.3 Å². The number of nitrogen functional groups attached to an aromatic ring is 1. The van der Waals surface area contributed by atoms with Gasteiger partial charge in [-0.3, -0.25) is 0 Å². The van der Waals surface area contributed by atoms with Gasteiger partial charge in [-0.1, -0.05) is 27.2 Å². The van der Waals surface area contributed by atoms with Crippen molar-refractivity contribution in [1.82, 2.24) is 9.97 Å². The molecule has 4 heteroatoms. The number of hydrogen-bond donors (Lipinski definition) is 1. The zero-order valence-corrected chi connectivity index (χ0v) is 12.6. The van der Waals surface area contributed by atoms with Gasteiger partial charge >= 0.3 is 0 Å². The fourth-order valence-corrected chi connectivity index (χ4v) is 2.77. The van der Waals surface area contributed by atoms with Crippen LogP contribution in [0.15, 0.2) is 0 Å². The van der Waals surface area contributed by atoms with Crippen LogP contribution < -0.4 is 10.6 Å². The van der Waals surface area contributed by atoms with Gasteiger partial charge in [-0.05, 0) is 25.7 Å². The van der Waals surface area contributed by atoms with E-state index in [4.69, 9.17) is 10.7 Å². The van der Waals surface area contributed by atoms with Crippen molar-refractivity contribution in [2.75, 3.05) is 23.7 Å². The van der Waals surface area contributed by atoms with Crippen molar-refractivity contribution in [3.63, 3.8) is 0 Å². The molecule has 4 nitrogen and oxygen atoms in total. The lowest BCUT2D eigenvalue weighted by Crippen LogP contribution is -2.23. The van der Waals surface area contributed by atoms with Gasteiger partial charge < -0.3 is 10.6 Å². The van der Waals surface area contributed by atoms with Crippen molar-refractivity contribution >= 4 is 11.6 Å². The number of anilines is 2. The maximum absolute atomic E-state index is 6.04. The first-order valence-corrected chi connectivity index (χ1v) is 7.41. The van der Waals surface area contributed by atoms with Crippen LogP contribution in [0.1, 0.15) is 57.3 Å². The lowest BCUT2D eigenvalue weighted by molar-refractivity contribution is 0.529. The Morgan fingerprint density at radius 1 is 1.37 bits per heavy atom. The fourth-order valence-electron chi connectivity index (χ4n) is 2.77. The second-order valence-electron chi connectivity index (χ2n) is 5.96. The number of nitrogens with zero attached hydrogens (tertiary/aromatic N) is 3. The predicted molar refractivity (Wildman–Crippen MR) is 80.5 cm³/mol. The minimum Gasteiger partial charge on any atom is -0.383 e. The highest BCUT2D eigenvalue weighted by Crippen LogP contribution is 2.30. The van der Waals surface area contributed by atoms with E-state index in [9.17, 15) is 0 Å². The molecule has 1 aromatic rings. The molecular weight excluding hydrogens is 236 g/mol. The highest BCUT2D eigenvalue weighted by Gasteiger charge is 2.25. The molecule has 1 fully saturated rings. The number of nitrogens with two attached hydrogens (primary N) is 1. The van der Waals surface area contributed by atoms with Crippen molar-refractivity contribution < 1.29 is 0 Å². The van der Waals surface area contributed by atoms with Crippen LogP contribution in [0.3, 0.4) is 0 Å². The Morgan fingerprint density at radius 3 is 2.74 bits per heavy atom. The number of aromatic nitrogens is 2. The Morgan fingerprint density at radius 2 is 2.11 bits per heavy atom. The fraction of sp³-hybridized carbons (Fsp3) is 0.733. The van der Waals surface area contributed by atoms with Gasteiger partial charge in [-0.2, -0.15) is 0 Å². The Balaban J connectivity index is 2.24. The third-order valence-electron chi connectivity index (χ3n) is 3.97. The second kappa shape index (κ2) is 5.76. The summed E-state index contributed by atoms with van der Waals surface area (Å²) in [5.41, 5.74) is 7.07. The summed E-state index contributed by atoms with van der Waals surface area (Å²) in [5, 5.41) is 0. The summed E-state index contributed by atoms with van der Waals surface area (Å²) >= 11 is 0. The van der Waals surface area contributed by atoms with Crippen LogP contribution in [0.5, 0.6) is 0 Å². The summed E-state index contributed by atoms with van der Waals surface area (Å²) in [4.78, 5) is 11.5. The lowest BCUT2D eigenvalue weighted by atomic mass is 10.0. The molecule has 0 aromatic carbocycles. The van der Waals surface area contributed by atoms with Crippen molar-refractivity contribution in [1.29, 1.82) is 0 Å². The molecule has 0 amide bonds. The minimum absolute atomic E-state index is 0.315. The summed E-state index contributed by atoms with van der Waals surface area (Å²) in [6.07, 6.45) is 3.85. The van der Waals surface area contributed by atoms with Gasteiger partial charge in [0, 0.05) is 24.6 Å². The van der Waals surface area contributed by atoms with Crippen LogP contribution in [0.25, 0.3) is 0 Å². The van der Waals surface area contributed by atoms with E-state index < -0.39 is 0 Å². The van der Waals surface area contributed by atoms with Gasteiger partial charge in [-0.15, -0.1) is 0 Å². The maximum atomic E-state index is 6.04. The molecule has 0 bridgehead atoms. The largest absolute Gasteiger partial charge is 0.383 e. The molecule has 1 aliphatic rings. The van der Waals surface area contributed by atoms with E-state index in [0.29, 0.717) is 11.7 Å². The average Bonchev–Trinajstić information content (AvgIpc) is 2.81. The number of hydrogen-bond acceptors (Lipinski definition) is 4. The summed E-state index contributed by atoms with van der Waals surface area (Å²) in [7, 11) is 0. The highest BCUT2D eigenvalue weighted by molar-refractivity contribution is 5.57. The molecule has 1 saturated heterocycles. The molecule has 1 aromatic heterocycles. The standard InChI is InChI=1S/C15H26N4/c1-5-6-12-7-8-19(9-12)15-11(4)13(16)17-14(18-15)10(2)3/h10,12H,5-9H2,1-4H3,(H2,16,17,18). The van der Waals surface area contributed by atoms with E-state index in [1.54, 1.807) is 0 Å². The molecule has 0 saturated carbocycles. The van der Waals surface area contributed by atoms with E-state index >= 15 is 0 Å². The topological polar surface area (TPSA) is 55.0 Å². The molecule has 2 heterocycles. The summed E-state index contributed by atoms with van der Waals surface area (Å²) in [6.45, 7) is 10.7. The smallest absolute Gasteiger partial charge is 0.137 e. The van der Waals surface area contributed by atoms with Gasteiger partial charge in [0.25, 0.3) is 0 Å². The average molecular weight is 262 g/mol. The molecule has 19 heavy (non-hydrogen) atoms. The van der Waals surface area contributed by atoms with Crippen molar-refractivity contribution in [3.05, 3.63) is 11.4 Å². The van der Waals surface area contributed by atoms with Crippen LogP contribution in [-0.4, -0.2) is 23.1 Å². The SMILES string of the molecule is CCCC1CCN(c2nc(C(C)C)nc(N)c2C)C1. The molecule has 106 valence electrons. The molecule has 1 unspecified atom stereocenters. The van der Waals surface area contributed by atoms with Crippen LogP contribution in [0, 0.1) is 12.8 Å². The zero-order chi connectivity index (χ0) is 14.0. The normalized spacial score (nSPS) is 19.4. The van der Waals surface area contributed by atoms with Crippen molar-refractivity contribution in [2.45, 2.75) is 52.9 Å². The van der Waals surface area contributed by atoms with E-state index in [0.717, 1.165) is 36.2 Å². The van der Waals surface area contributed by atoms with E-state index in [1.807, 2.05) is 6.92 Å². The molecular formula is C15H26N4. The van der Waals surface area contributed by atoms with Crippen LogP contribution in [0.2, 0.25) is 0 Å². The first-order valence-electron chi connectivity index (χ1n) is 7.41. The first kappa shape index (κ1) is 14.1. The summed E-state index contributed by atoms with van der Waals surface area (Å²) in [5.74, 6) is 3.67. The summed E-state index contributed by atoms with van der Waals surface area (Å²) in [6, 6.07) is 0. The van der Waals surface area contributed by atoms with Crippen LogP contribution >= 0.6 is 0 Å². The Bertz CT molecular complexity index is 442. The first-order chi connectivity index (χ1) is 9.02. The van der Waals surface area contributed by atoms with Gasteiger partial charge in [0.15, 0.2) is 0 Å². The minimum atomic E-state index is 0.315. The maximum Gasteiger partial charge on any atom is 0.137 e. The van der Waals surface area contributed by atoms with Crippen molar-refractivity contribution in [3.8, 4) is 0 Å². The zero-order valence-electron chi connectivity index (χ0n) is 12.6. The van der Waals surface area contributed by atoms with E-state index in [-0.39, 0.29) is 0 Å². The summed E-state index contributed by atoms with van der Waals surface area (Å²) < 4.78 is 0. The third-order valence-corrected chi connectivity index (χ3v) is 3.97. The second-order valence-corrected chi connectivity index (χ2v) is 5.96.